The average Bonchev–Trinajstić information content (AvgIpc) is 2.15. The summed E-state index contributed by atoms with van der Waals surface area (Å²) in [4.78, 5) is 4.14. The normalized spacial score (nSPS) is 9.92. The second-order valence-electron chi connectivity index (χ2n) is 2.65. The molecule has 4 nitrogen and oxygen atoms in total. The highest BCUT2D eigenvalue weighted by Gasteiger charge is 2.04. The van der Waals surface area contributed by atoms with E-state index in [2.05, 4.69) is 4.98 Å². The van der Waals surface area contributed by atoms with Crippen molar-refractivity contribution in [1.82, 2.24) is 4.98 Å². The molecule has 0 saturated heterocycles. The summed E-state index contributed by atoms with van der Waals surface area (Å²) in [6.45, 7) is 0.595. The van der Waals surface area contributed by atoms with Gasteiger partial charge in [-0.2, -0.15) is 0 Å². The first-order valence-corrected chi connectivity index (χ1v) is 4.03. The Kier molecular flexibility index (Phi) is 3.40. The molecule has 0 amide bonds. The Morgan fingerprint density at radius 2 is 2.46 bits per heavy atom. The lowest BCUT2D eigenvalue weighted by Gasteiger charge is -2.05. The van der Waals surface area contributed by atoms with Gasteiger partial charge in [0.1, 0.15) is 5.84 Å². The number of methoxy groups -OCH3 is 1. The Morgan fingerprint density at radius 3 is 3.08 bits per heavy atom. The standard InChI is InChI=1S/C9H13N3O/c1-13-6-4-8-7(9(10)11)3-2-5-12-8/h2-3,5H,4,6H2,1H3,(H3,10,11). The Bertz CT molecular complexity index is 299. The van der Waals surface area contributed by atoms with Gasteiger partial charge >= 0.3 is 0 Å². The fourth-order valence-electron chi connectivity index (χ4n) is 1.08. The number of hydrogen-bond acceptors (Lipinski definition) is 3. The minimum absolute atomic E-state index is 0.0548. The Morgan fingerprint density at radius 1 is 1.69 bits per heavy atom. The molecule has 0 unspecified atom stereocenters. The first-order valence-electron chi connectivity index (χ1n) is 4.03. The fraction of sp³-hybridized carbons (Fsp3) is 0.333. The van der Waals surface area contributed by atoms with Crippen LogP contribution in [0.15, 0.2) is 18.3 Å². The van der Waals surface area contributed by atoms with E-state index >= 15 is 0 Å². The number of nitrogens with zero attached hydrogens (tertiary/aromatic N) is 1. The molecular weight excluding hydrogens is 166 g/mol. The zero-order valence-electron chi connectivity index (χ0n) is 7.58. The number of hydrogen-bond donors (Lipinski definition) is 2. The zero-order chi connectivity index (χ0) is 9.68. The predicted molar refractivity (Wildman–Crippen MR) is 50.8 cm³/mol. The number of aromatic nitrogens is 1. The minimum Gasteiger partial charge on any atom is -0.384 e. The van der Waals surface area contributed by atoms with Gasteiger partial charge in [0.15, 0.2) is 0 Å². The molecular formula is C9H13N3O. The van der Waals surface area contributed by atoms with Gasteiger partial charge in [0.25, 0.3) is 0 Å². The Hall–Kier alpha value is -1.42. The van der Waals surface area contributed by atoms with Crippen LogP contribution in [0.4, 0.5) is 0 Å². The largest absolute Gasteiger partial charge is 0.384 e. The molecule has 0 spiro atoms. The van der Waals surface area contributed by atoms with Crippen molar-refractivity contribution in [3.05, 3.63) is 29.6 Å². The lowest BCUT2D eigenvalue weighted by molar-refractivity contribution is 0.201. The van der Waals surface area contributed by atoms with Gasteiger partial charge in [-0.3, -0.25) is 10.4 Å². The quantitative estimate of drug-likeness (QED) is 0.524. The maximum atomic E-state index is 7.31. The molecule has 0 aliphatic carbocycles. The topological polar surface area (TPSA) is 72.0 Å². The predicted octanol–water partition coefficient (Wildman–Crippen LogP) is 0.555. The Labute approximate surface area is 77.2 Å². The second-order valence-corrected chi connectivity index (χ2v) is 2.65. The van der Waals surface area contributed by atoms with E-state index in [4.69, 9.17) is 15.9 Å². The molecule has 1 rings (SSSR count). The monoisotopic (exact) mass is 179 g/mol. The summed E-state index contributed by atoms with van der Waals surface area (Å²) in [5, 5.41) is 7.31. The molecule has 0 fully saturated rings. The Balaban J connectivity index is 2.84. The summed E-state index contributed by atoms with van der Waals surface area (Å²) < 4.78 is 4.93. The van der Waals surface area contributed by atoms with Gasteiger partial charge in [0, 0.05) is 25.3 Å². The van der Waals surface area contributed by atoms with Crippen LogP contribution in [-0.4, -0.2) is 24.5 Å². The maximum Gasteiger partial charge on any atom is 0.124 e. The fourth-order valence-corrected chi connectivity index (χ4v) is 1.08. The van der Waals surface area contributed by atoms with Crippen LogP contribution in [0.25, 0.3) is 0 Å². The highest BCUT2D eigenvalue weighted by atomic mass is 16.5. The molecule has 0 aliphatic rings. The molecule has 1 aromatic heterocycles. The molecule has 0 atom stereocenters. The number of ether oxygens (including phenoxy) is 1. The lowest BCUT2D eigenvalue weighted by atomic mass is 10.1. The van der Waals surface area contributed by atoms with E-state index < -0.39 is 0 Å². The number of pyridine rings is 1. The summed E-state index contributed by atoms with van der Waals surface area (Å²) in [5.74, 6) is 0.0548. The van der Waals surface area contributed by atoms with Crippen molar-refractivity contribution in [2.45, 2.75) is 6.42 Å². The highest BCUT2D eigenvalue weighted by molar-refractivity contribution is 5.95. The summed E-state index contributed by atoms with van der Waals surface area (Å²) in [7, 11) is 1.64. The van der Waals surface area contributed by atoms with Crippen LogP contribution in [0.1, 0.15) is 11.3 Å². The van der Waals surface area contributed by atoms with Gasteiger partial charge in [-0.1, -0.05) is 0 Å². The van der Waals surface area contributed by atoms with Crippen LogP contribution in [0, 0.1) is 5.41 Å². The summed E-state index contributed by atoms with van der Waals surface area (Å²) in [6.07, 6.45) is 2.38. The molecule has 0 saturated carbocycles. The second kappa shape index (κ2) is 4.57. The first kappa shape index (κ1) is 9.67. The molecule has 1 heterocycles. The number of nitrogens with two attached hydrogens (primary N) is 1. The molecule has 4 heteroatoms. The maximum absolute atomic E-state index is 7.31. The molecule has 0 aromatic carbocycles. The molecule has 70 valence electrons. The number of amidine groups is 1. The van der Waals surface area contributed by atoms with Crippen LogP contribution in [0.5, 0.6) is 0 Å². The van der Waals surface area contributed by atoms with Gasteiger partial charge in [-0.05, 0) is 12.1 Å². The van der Waals surface area contributed by atoms with Crippen LogP contribution >= 0.6 is 0 Å². The molecule has 0 aliphatic heterocycles. The summed E-state index contributed by atoms with van der Waals surface area (Å²) >= 11 is 0. The molecule has 3 N–H and O–H groups in total. The lowest BCUT2D eigenvalue weighted by Crippen LogP contribution is -2.15. The average molecular weight is 179 g/mol. The molecule has 0 radical (unpaired) electrons. The van der Waals surface area contributed by atoms with E-state index in [0.717, 1.165) is 5.69 Å². The number of nitrogens with one attached hydrogen (secondary N) is 1. The third-order valence-electron chi connectivity index (χ3n) is 1.72. The zero-order valence-corrected chi connectivity index (χ0v) is 7.58. The number of rotatable bonds is 4. The van der Waals surface area contributed by atoms with Gasteiger partial charge < -0.3 is 10.5 Å². The van der Waals surface area contributed by atoms with E-state index in [1.807, 2.05) is 0 Å². The van der Waals surface area contributed by atoms with Crippen molar-refractivity contribution in [1.29, 1.82) is 5.41 Å². The SMILES string of the molecule is COCCc1ncccc1C(=N)N. The van der Waals surface area contributed by atoms with Gasteiger partial charge in [-0.15, -0.1) is 0 Å². The van der Waals surface area contributed by atoms with E-state index in [0.29, 0.717) is 18.6 Å². The number of nitrogen functional groups attached to an aromatic ring is 1. The van der Waals surface area contributed by atoms with E-state index in [9.17, 15) is 0 Å². The minimum atomic E-state index is 0.0548. The highest BCUT2D eigenvalue weighted by Crippen LogP contribution is 2.04. The van der Waals surface area contributed by atoms with Crippen molar-refractivity contribution in [3.8, 4) is 0 Å². The smallest absolute Gasteiger partial charge is 0.124 e. The van der Waals surface area contributed by atoms with Crippen molar-refractivity contribution in [2.24, 2.45) is 5.73 Å². The van der Waals surface area contributed by atoms with Crippen molar-refractivity contribution < 1.29 is 4.74 Å². The van der Waals surface area contributed by atoms with E-state index in [1.165, 1.54) is 0 Å². The molecule has 1 aromatic rings. The van der Waals surface area contributed by atoms with Gasteiger partial charge in [-0.25, -0.2) is 0 Å². The van der Waals surface area contributed by atoms with Crippen LogP contribution in [-0.2, 0) is 11.2 Å². The van der Waals surface area contributed by atoms with E-state index in [1.54, 1.807) is 25.4 Å². The summed E-state index contributed by atoms with van der Waals surface area (Å²) in [6, 6.07) is 3.56. The first-order chi connectivity index (χ1) is 6.25. The summed E-state index contributed by atoms with van der Waals surface area (Å²) in [5.41, 5.74) is 6.90. The van der Waals surface area contributed by atoms with Gasteiger partial charge in [0.05, 0.1) is 12.3 Å². The third kappa shape index (κ3) is 2.52. The molecule has 0 bridgehead atoms. The van der Waals surface area contributed by atoms with Crippen molar-refractivity contribution >= 4 is 5.84 Å². The van der Waals surface area contributed by atoms with Crippen LogP contribution in [0.3, 0.4) is 0 Å². The van der Waals surface area contributed by atoms with Crippen LogP contribution < -0.4 is 5.73 Å². The van der Waals surface area contributed by atoms with Crippen molar-refractivity contribution in [3.63, 3.8) is 0 Å². The van der Waals surface area contributed by atoms with Gasteiger partial charge in [0.2, 0.25) is 0 Å². The van der Waals surface area contributed by atoms with Crippen LogP contribution in [0.2, 0.25) is 0 Å². The van der Waals surface area contributed by atoms with E-state index in [-0.39, 0.29) is 5.84 Å². The molecule has 13 heavy (non-hydrogen) atoms. The third-order valence-corrected chi connectivity index (χ3v) is 1.72. The van der Waals surface area contributed by atoms with Crippen molar-refractivity contribution in [2.75, 3.05) is 13.7 Å².